The fourth-order valence-corrected chi connectivity index (χ4v) is 4.82. The molecule has 0 radical (unpaired) electrons. The quantitative estimate of drug-likeness (QED) is 0.452. The van der Waals surface area contributed by atoms with Gasteiger partial charge in [0, 0.05) is 43.0 Å². The van der Waals surface area contributed by atoms with E-state index in [0.717, 1.165) is 48.4 Å². The summed E-state index contributed by atoms with van der Waals surface area (Å²) in [7, 11) is 0. The molecule has 2 aliphatic rings. The predicted molar refractivity (Wildman–Crippen MR) is 125 cm³/mol. The van der Waals surface area contributed by atoms with E-state index in [0.29, 0.717) is 29.8 Å². The van der Waals surface area contributed by atoms with Crippen LogP contribution in [0.2, 0.25) is 0 Å². The van der Waals surface area contributed by atoms with Crippen LogP contribution in [0.3, 0.4) is 0 Å². The molecule has 2 N–H and O–H groups in total. The van der Waals surface area contributed by atoms with Crippen LogP contribution in [0.15, 0.2) is 48.9 Å². The molecule has 33 heavy (non-hydrogen) atoms. The number of fused-ring (bicyclic) bond motifs is 1. The number of nitrogens with one attached hydrogen (secondary N) is 2. The van der Waals surface area contributed by atoms with E-state index in [-0.39, 0.29) is 6.10 Å². The van der Waals surface area contributed by atoms with E-state index in [2.05, 4.69) is 46.8 Å². The van der Waals surface area contributed by atoms with Crippen molar-refractivity contribution in [3.63, 3.8) is 0 Å². The standard InChI is InChI=1S/C24H28N8O/c1-16(2)19-13-28-32-21(19)29-23(33-18-10-24(11-18)14-25-15-24)30-22(32)26-12-17-6-3-4-7-20(17)31-9-5-8-27-31/h3-9,13,16,18,25H,10-12,14-15H2,1-2H3,(H,26,29,30). The summed E-state index contributed by atoms with van der Waals surface area (Å²) in [6, 6.07) is 10.5. The Morgan fingerprint density at radius 3 is 2.73 bits per heavy atom. The Hall–Kier alpha value is -3.46. The Labute approximate surface area is 192 Å². The summed E-state index contributed by atoms with van der Waals surface area (Å²) >= 11 is 0. The van der Waals surface area contributed by atoms with Gasteiger partial charge in [0.1, 0.15) is 6.10 Å². The fourth-order valence-electron chi connectivity index (χ4n) is 4.82. The van der Waals surface area contributed by atoms with Gasteiger partial charge in [-0.05, 0) is 36.5 Å². The van der Waals surface area contributed by atoms with Crippen molar-refractivity contribution in [2.45, 2.75) is 45.3 Å². The molecule has 6 rings (SSSR count). The molecule has 9 nitrogen and oxygen atoms in total. The lowest BCUT2D eigenvalue weighted by molar-refractivity contribution is -0.0531. The van der Waals surface area contributed by atoms with E-state index in [9.17, 15) is 0 Å². The summed E-state index contributed by atoms with van der Waals surface area (Å²) in [5.74, 6) is 0.920. The van der Waals surface area contributed by atoms with Gasteiger partial charge < -0.3 is 15.4 Å². The van der Waals surface area contributed by atoms with Gasteiger partial charge in [0.2, 0.25) is 5.95 Å². The maximum atomic E-state index is 6.22. The zero-order valence-corrected chi connectivity index (χ0v) is 18.9. The highest BCUT2D eigenvalue weighted by molar-refractivity contribution is 5.53. The topological polar surface area (TPSA) is 94.2 Å². The monoisotopic (exact) mass is 444 g/mol. The first kappa shape index (κ1) is 20.2. The van der Waals surface area contributed by atoms with Crippen LogP contribution >= 0.6 is 0 Å². The summed E-state index contributed by atoms with van der Waals surface area (Å²) in [4.78, 5) is 9.45. The molecule has 4 aromatic rings. The highest BCUT2D eigenvalue weighted by Crippen LogP contribution is 2.45. The van der Waals surface area contributed by atoms with E-state index in [1.54, 1.807) is 10.7 Å². The molecule has 0 bridgehead atoms. The molecule has 1 saturated heterocycles. The van der Waals surface area contributed by atoms with Crippen molar-refractivity contribution in [3.8, 4) is 11.7 Å². The smallest absolute Gasteiger partial charge is 0.322 e. The Morgan fingerprint density at radius 2 is 2.00 bits per heavy atom. The fraction of sp³-hybridized carbons (Fsp3) is 0.417. The normalized spacial score (nSPS) is 17.3. The van der Waals surface area contributed by atoms with Crippen molar-refractivity contribution >= 4 is 11.6 Å². The lowest BCUT2D eigenvalue weighted by Crippen LogP contribution is -2.62. The largest absolute Gasteiger partial charge is 0.460 e. The van der Waals surface area contributed by atoms with Gasteiger partial charge in [0.15, 0.2) is 5.65 Å². The Bertz CT molecular complexity index is 1270. The highest BCUT2D eigenvalue weighted by Gasteiger charge is 2.50. The second kappa shape index (κ2) is 7.84. The highest BCUT2D eigenvalue weighted by atomic mass is 16.5. The lowest BCUT2D eigenvalue weighted by Gasteiger charge is -2.53. The van der Waals surface area contributed by atoms with Crippen molar-refractivity contribution in [2.75, 3.05) is 18.4 Å². The van der Waals surface area contributed by atoms with E-state index in [4.69, 9.17) is 14.7 Å². The molecule has 1 aromatic carbocycles. The first-order valence-corrected chi connectivity index (χ1v) is 11.6. The second-order valence-corrected chi connectivity index (χ2v) is 9.50. The van der Waals surface area contributed by atoms with Gasteiger partial charge >= 0.3 is 6.01 Å². The average molecular weight is 445 g/mol. The first-order valence-electron chi connectivity index (χ1n) is 11.6. The van der Waals surface area contributed by atoms with E-state index in [1.165, 1.54) is 0 Å². The maximum Gasteiger partial charge on any atom is 0.322 e. The molecule has 0 amide bonds. The van der Waals surface area contributed by atoms with Gasteiger partial charge in [0.05, 0.1) is 11.9 Å². The predicted octanol–water partition coefficient (Wildman–Crippen LogP) is 3.18. The van der Waals surface area contributed by atoms with E-state index < -0.39 is 0 Å². The number of anilines is 1. The summed E-state index contributed by atoms with van der Waals surface area (Å²) in [5.41, 5.74) is 4.43. The molecule has 1 saturated carbocycles. The number of ether oxygens (including phenoxy) is 1. The van der Waals surface area contributed by atoms with Crippen LogP contribution < -0.4 is 15.4 Å². The molecule has 2 fully saturated rings. The molecule has 1 aliphatic carbocycles. The third kappa shape index (κ3) is 3.62. The number of para-hydroxylation sites is 1. The number of aromatic nitrogens is 6. The second-order valence-electron chi connectivity index (χ2n) is 9.50. The van der Waals surface area contributed by atoms with Crippen LogP contribution in [-0.4, -0.2) is 48.6 Å². The van der Waals surface area contributed by atoms with E-state index >= 15 is 0 Å². The number of rotatable bonds is 7. The number of nitrogens with zero attached hydrogens (tertiary/aromatic N) is 6. The van der Waals surface area contributed by atoms with Gasteiger partial charge in [-0.15, -0.1) is 0 Å². The first-order chi connectivity index (χ1) is 16.1. The van der Waals surface area contributed by atoms with Crippen molar-refractivity contribution in [1.82, 2.24) is 34.7 Å². The molecule has 1 spiro atoms. The molecule has 3 aromatic heterocycles. The van der Waals surface area contributed by atoms with Crippen LogP contribution in [0.1, 0.15) is 43.7 Å². The molecular weight excluding hydrogens is 416 g/mol. The average Bonchev–Trinajstić information content (AvgIpc) is 3.43. The summed E-state index contributed by atoms with van der Waals surface area (Å²) in [5, 5.41) is 15.8. The van der Waals surface area contributed by atoms with Crippen molar-refractivity contribution in [3.05, 3.63) is 60.0 Å². The van der Waals surface area contributed by atoms with Crippen LogP contribution in [0.4, 0.5) is 5.95 Å². The molecular formula is C24H28N8O. The zero-order chi connectivity index (χ0) is 22.4. The zero-order valence-electron chi connectivity index (χ0n) is 18.9. The van der Waals surface area contributed by atoms with Crippen molar-refractivity contribution in [1.29, 1.82) is 0 Å². The van der Waals surface area contributed by atoms with Crippen LogP contribution in [0.5, 0.6) is 6.01 Å². The number of hydrogen-bond acceptors (Lipinski definition) is 7. The number of benzene rings is 1. The third-order valence-corrected chi connectivity index (χ3v) is 6.77. The lowest BCUT2D eigenvalue weighted by atomic mass is 9.63. The molecule has 1 aliphatic heterocycles. The summed E-state index contributed by atoms with van der Waals surface area (Å²) in [6.45, 7) is 7.04. The van der Waals surface area contributed by atoms with E-state index in [1.807, 2.05) is 35.3 Å². The minimum atomic E-state index is 0.174. The van der Waals surface area contributed by atoms with Crippen molar-refractivity contribution in [2.24, 2.45) is 5.41 Å². The van der Waals surface area contributed by atoms with Gasteiger partial charge in [0.25, 0.3) is 0 Å². The number of hydrogen-bond donors (Lipinski definition) is 2. The molecule has 9 heteroatoms. The van der Waals surface area contributed by atoms with Gasteiger partial charge in [-0.3, -0.25) is 0 Å². The van der Waals surface area contributed by atoms with Crippen LogP contribution in [0, 0.1) is 5.41 Å². The summed E-state index contributed by atoms with van der Waals surface area (Å²) < 4.78 is 9.87. The molecule has 170 valence electrons. The summed E-state index contributed by atoms with van der Waals surface area (Å²) in [6.07, 6.45) is 7.89. The Morgan fingerprint density at radius 1 is 1.15 bits per heavy atom. The SMILES string of the molecule is CC(C)c1cnn2c(NCc3ccccc3-n3cccn3)nc(OC3CC4(CNC4)C3)nc12. The van der Waals surface area contributed by atoms with Crippen molar-refractivity contribution < 1.29 is 4.74 Å². The third-order valence-electron chi connectivity index (χ3n) is 6.77. The van der Waals surface area contributed by atoms with Gasteiger partial charge in [-0.25, -0.2) is 4.68 Å². The minimum Gasteiger partial charge on any atom is -0.460 e. The van der Waals surface area contributed by atoms with Gasteiger partial charge in [-0.1, -0.05) is 32.0 Å². The molecule has 4 heterocycles. The molecule has 0 atom stereocenters. The Balaban J connectivity index is 1.29. The maximum absolute atomic E-state index is 6.22. The van der Waals surface area contributed by atoms with Crippen LogP contribution in [-0.2, 0) is 6.54 Å². The molecule has 0 unspecified atom stereocenters. The van der Waals surface area contributed by atoms with Crippen LogP contribution in [0.25, 0.3) is 11.3 Å². The Kier molecular flexibility index (Phi) is 4.79. The van der Waals surface area contributed by atoms with Gasteiger partial charge in [-0.2, -0.15) is 24.7 Å². The minimum absolute atomic E-state index is 0.174.